The van der Waals surface area contributed by atoms with E-state index in [1.54, 1.807) is 0 Å². The molecule has 0 fully saturated rings. The summed E-state index contributed by atoms with van der Waals surface area (Å²) < 4.78 is 26.9. The van der Waals surface area contributed by atoms with Crippen LogP contribution in [0, 0.1) is 76.3 Å². The summed E-state index contributed by atoms with van der Waals surface area (Å²) >= 11 is 0. The van der Waals surface area contributed by atoms with E-state index in [2.05, 4.69) is 194 Å². The van der Waals surface area contributed by atoms with E-state index in [1.807, 2.05) is 62.3 Å². The number of rotatable bonds is 28. The molecule has 0 aliphatic carbocycles. The number of hydrogen-bond acceptors (Lipinski definition) is 8. The fourth-order valence-electron chi connectivity index (χ4n) is 13.1. The molecular weight excluding hydrogens is 969 g/mol. The summed E-state index contributed by atoms with van der Waals surface area (Å²) in [7, 11) is 0. The fourth-order valence-corrected chi connectivity index (χ4v) is 13.1. The van der Waals surface area contributed by atoms with Crippen molar-refractivity contribution in [3.63, 3.8) is 0 Å². The summed E-state index contributed by atoms with van der Waals surface area (Å²) in [4.78, 5) is 58.2. The average molecular weight is 1100 g/mol. The van der Waals surface area contributed by atoms with Gasteiger partial charge in [0.2, 0.25) is 0 Å². The quantitative estimate of drug-likeness (QED) is 0.0564. The van der Waals surface area contributed by atoms with Crippen LogP contribution in [0.3, 0.4) is 0 Å². The van der Waals surface area contributed by atoms with Gasteiger partial charge < -0.3 is 18.9 Å². The average Bonchev–Trinajstić information content (AvgIpc) is 3.03. The van der Waals surface area contributed by atoms with E-state index in [0.717, 1.165) is 25.7 Å². The zero-order valence-corrected chi connectivity index (χ0v) is 59.1. The number of esters is 4. The second-order valence-electron chi connectivity index (χ2n) is 38.1. The number of ether oxygens (including phenoxy) is 4. The van der Waals surface area contributed by atoms with E-state index in [0.29, 0.717) is 19.3 Å². The lowest BCUT2D eigenvalue weighted by molar-refractivity contribution is -0.182. The Labute approximate surface area is 485 Å². The molecule has 462 valence electrons. The van der Waals surface area contributed by atoms with Gasteiger partial charge in [0.25, 0.3) is 0 Å². The fraction of sp³-hybridized carbons (Fsp3) is 0.943. The second-order valence-corrected chi connectivity index (χ2v) is 38.1. The second kappa shape index (κ2) is 24.2. The summed E-state index contributed by atoms with van der Waals surface area (Å²) in [6.07, 6.45) is 5.10. The first-order valence-corrected chi connectivity index (χ1v) is 30.4. The minimum atomic E-state index is -1.08. The van der Waals surface area contributed by atoms with Crippen molar-refractivity contribution in [3.05, 3.63) is 0 Å². The Kier molecular flexibility index (Phi) is 23.6. The normalized spacial score (nSPS) is 15.7. The molecule has 0 heterocycles. The van der Waals surface area contributed by atoms with Crippen LogP contribution in [0.25, 0.3) is 0 Å². The van der Waals surface area contributed by atoms with Crippen molar-refractivity contribution in [1.29, 1.82) is 0 Å². The standard InChI is InChI=1S/C70H134O8/c1-49(61(20,21)44-65(28,29)57(11,12)13)53(74)78-69(36,37)48-70(45-66(30,31)75-50(71)38-58(14,15)41-62(22,23)54(2,3)4,46-67(32,33)76-51(72)39-59(16,17)42-63(24,25)55(5,6)7)47-68(34,35)77-52(73)40-60(18,19)43-64(26,27)56(8,9)10/h49H,38-48H2,1-37H3. The molecule has 0 aromatic carbocycles. The molecule has 8 nitrogen and oxygen atoms in total. The summed E-state index contributed by atoms with van der Waals surface area (Å²) in [5.41, 5.74) is -6.86. The molecule has 0 rings (SSSR count). The Morgan fingerprint density at radius 2 is 0.474 bits per heavy atom. The molecule has 1 unspecified atom stereocenters. The number of hydrogen-bond donors (Lipinski definition) is 0. The number of carbonyl (C=O) groups is 4. The van der Waals surface area contributed by atoms with E-state index in [-0.39, 0.29) is 109 Å². The predicted octanol–water partition coefficient (Wildman–Crippen LogP) is 20.6. The highest BCUT2D eigenvalue weighted by Crippen LogP contribution is 2.55. The van der Waals surface area contributed by atoms with Crippen LogP contribution < -0.4 is 0 Å². The molecule has 78 heavy (non-hydrogen) atoms. The third-order valence-electron chi connectivity index (χ3n) is 19.9. The summed E-state index contributed by atoms with van der Waals surface area (Å²) in [6.45, 7) is 80.1. The smallest absolute Gasteiger partial charge is 0.309 e. The van der Waals surface area contributed by atoms with E-state index in [9.17, 15) is 19.2 Å². The molecule has 0 saturated carbocycles. The first kappa shape index (κ1) is 75.9. The van der Waals surface area contributed by atoms with Gasteiger partial charge in [0.05, 0.1) is 25.2 Å². The van der Waals surface area contributed by atoms with Crippen molar-refractivity contribution < 1.29 is 38.1 Å². The molecule has 0 aromatic heterocycles. The maximum Gasteiger partial charge on any atom is 0.309 e. The van der Waals surface area contributed by atoms with Crippen LogP contribution in [0.2, 0.25) is 0 Å². The van der Waals surface area contributed by atoms with Crippen molar-refractivity contribution >= 4 is 23.9 Å². The molecule has 8 heteroatoms. The van der Waals surface area contributed by atoms with Crippen LogP contribution in [0.4, 0.5) is 0 Å². The van der Waals surface area contributed by atoms with Gasteiger partial charge in [0.15, 0.2) is 0 Å². The van der Waals surface area contributed by atoms with Gasteiger partial charge in [0.1, 0.15) is 22.4 Å². The van der Waals surface area contributed by atoms with Crippen LogP contribution in [0.15, 0.2) is 0 Å². The van der Waals surface area contributed by atoms with Gasteiger partial charge >= 0.3 is 23.9 Å². The van der Waals surface area contributed by atoms with Crippen LogP contribution in [0.5, 0.6) is 0 Å². The molecule has 0 bridgehead atoms. The van der Waals surface area contributed by atoms with E-state index >= 15 is 0 Å². The Morgan fingerprint density at radius 3 is 0.679 bits per heavy atom. The van der Waals surface area contributed by atoms with Gasteiger partial charge in [-0.1, -0.05) is 201 Å². The number of carbonyl (C=O) groups excluding carboxylic acids is 4. The van der Waals surface area contributed by atoms with Crippen molar-refractivity contribution in [2.75, 3.05) is 0 Å². The molecule has 0 amide bonds. The van der Waals surface area contributed by atoms with Gasteiger partial charge in [-0.15, -0.1) is 0 Å². The van der Waals surface area contributed by atoms with Gasteiger partial charge in [-0.05, 0) is 177 Å². The molecule has 0 aliphatic rings. The highest BCUT2D eigenvalue weighted by Gasteiger charge is 2.53. The maximum absolute atomic E-state index is 14.8. The third kappa shape index (κ3) is 24.4. The third-order valence-corrected chi connectivity index (χ3v) is 19.9. The molecule has 1 atom stereocenters. The lowest BCUT2D eigenvalue weighted by Crippen LogP contribution is -2.50. The Balaban J connectivity index is 8.13. The van der Waals surface area contributed by atoms with Crippen molar-refractivity contribution in [2.24, 2.45) is 76.3 Å². The summed E-state index contributed by atoms with van der Waals surface area (Å²) in [5, 5.41) is 0. The lowest BCUT2D eigenvalue weighted by atomic mass is 9.59. The maximum atomic E-state index is 14.8. The van der Waals surface area contributed by atoms with E-state index in [1.165, 1.54) is 0 Å². The lowest BCUT2D eigenvalue weighted by Gasteiger charge is -2.50. The SMILES string of the molecule is CC(C(=O)OC(C)(C)CC(CC(C)(C)OC(=O)CC(C)(C)CC(C)(C)C(C)(C)C)(CC(C)(C)OC(=O)CC(C)(C)CC(C)(C)C(C)(C)C)CC(C)(C)OC(=O)CC(C)(C)CC(C)(C)C(C)(C)C)C(C)(C)CC(C)(C)C(C)(C)C. The van der Waals surface area contributed by atoms with Crippen LogP contribution in [0.1, 0.15) is 327 Å². The Hall–Kier alpha value is -2.12. The van der Waals surface area contributed by atoms with Gasteiger partial charge in [0, 0.05) is 0 Å². The predicted molar refractivity (Wildman–Crippen MR) is 331 cm³/mol. The highest BCUT2D eigenvalue weighted by atomic mass is 16.6. The molecule has 0 radical (unpaired) electrons. The first-order valence-electron chi connectivity index (χ1n) is 30.4. The molecule has 0 saturated heterocycles. The topological polar surface area (TPSA) is 105 Å². The minimum absolute atomic E-state index is 0.00579. The minimum Gasteiger partial charge on any atom is -0.460 e. The van der Waals surface area contributed by atoms with Gasteiger partial charge in [-0.3, -0.25) is 19.2 Å². The first-order chi connectivity index (χ1) is 33.5. The van der Waals surface area contributed by atoms with Crippen molar-refractivity contribution in [3.8, 4) is 0 Å². The summed E-state index contributed by atoms with van der Waals surface area (Å²) in [5.74, 6) is -1.60. The van der Waals surface area contributed by atoms with E-state index < -0.39 is 39.2 Å². The summed E-state index contributed by atoms with van der Waals surface area (Å²) in [6, 6.07) is 0. The molecular formula is C70H134O8. The molecule has 0 spiro atoms. The van der Waals surface area contributed by atoms with Crippen LogP contribution >= 0.6 is 0 Å². The molecule has 0 N–H and O–H groups in total. The van der Waals surface area contributed by atoms with Crippen LogP contribution in [-0.4, -0.2) is 46.3 Å². The van der Waals surface area contributed by atoms with Crippen LogP contribution in [-0.2, 0) is 38.1 Å². The zero-order valence-electron chi connectivity index (χ0n) is 59.1. The molecule has 0 aromatic rings. The van der Waals surface area contributed by atoms with Crippen molar-refractivity contribution in [2.45, 2.75) is 349 Å². The highest BCUT2D eigenvalue weighted by molar-refractivity contribution is 5.73. The monoisotopic (exact) mass is 1100 g/mol. The van der Waals surface area contributed by atoms with Gasteiger partial charge in [-0.25, -0.2) is 0 Å². The van der Waals surface area contributed by atoms with Gasteiger partial charge in [-0.2, -0.15) is 0 Å². The Bertz CT molecular complexity index is 1830. The van der Waals surface area contributed by atoms with E-state index in [4.69, 9.17) is 18.9 Å². The van der Waals surface area contributed by atoms with Crippen molar-refractivity contribution in [1.82, 2.24) is 0 Å². The largest absolute Gasteiger partial charge is 0.460 e. The Morgan fingerprint density at radius 1 is 0.282 bits per heavy atom. The zero-order chi connectivity index (χ0) is 63.0. The molecule has 0 aliphatic heterocycles.